The molecule has 0 aromatic carbocycles. The van der Waals surface area contributed by atoms with Crippen molar-refractivity contribution < 1.29 is 9.47 Å². The molecule has 1 fully saturated rings. The molecule has 1 rings (SSSR count). The average molecular weight is 134 g/mol. The third kappa shape index (κ3) is 1.65. The second-order valence-corrected chi connectivity index (χ2v) is 2.13. The van der Waals surface area contributed by atoms with Gasteiger partial charge in [0, 0.05) is 6.42 Å². The Bertz CT molecular complexity index is 61.4. The van der Waals surface area contributed by atoms with Crippen molar-refractivity contribution in [3.8, 4) is 0 Å². The van der Waals surface area contributed by atoms with Crippen LogP contribution in [0.3, 0.4) is 0 Å². The summed E-state index contributed by atoms with van der Waals surface area (Å²) in [5.41, 5.74) is 0. The van der Waals surface area contributed by atoms with Crippen molar-refractivity contribution in [1.29, 1.82) is 0 Å². The fraction of sp³-hybridized carbons (Fsp3) is 1.00. The highest BCUT2D eigenvalue weighted by Crippen LogP contribution is 2.07. The van der Waals surface area contributed by atoms with Gasteiger partial charge in [-0.2, -0.15) is 12.6 Å². The van der Waals surface area contributed by atoms with Crippen molar-refractivity contribution >= 4 is 12.6 Å². The average Bonchev–Trinajstić information content (AvgIpc) is 2.19. The molecule has 0 N–H and O–H groups in total. The van der Waals surface area contributed by atoms with E-state index in [9.17, 15) is 0 Å². The van der Waals surface area contributed by atoms with Crippen LogP contribution < -0.4 is 0 Å². The zero-order valence-corrected chi connectivity index (χ0v) is 5.56. The van der Waals surface area contributed by atoms with Gasteiger partial charge in [0.1, 0.15) is 0 Å². The first-order valence-electron chi connectivity index (χ1n) is 2.77. The van der Waals surface area contributed by atoms with E-state index in [1.807, 2.05) is 0 Å². The molecule has 0 aliphatic carbocycles. The second kappa shape index (κ2) is 3.33. The van der Waals surface area contributed by atoms with E-state index in [0.717, 1.165) is 25.4 Å². The summed E-state index contributed by atoms with van der Waals surface area (Å²) in [4.78, 5) is 0. The lowest BCUT2D eigenvalue weighted by Crippen LogP contribution is -2.07. The van der Waals surface area contributed by atoms with E-state index in [1.54, 1.807) is 0 Å². The summed E-state index contributed by atoms with van der Waals surface area (Å²) in [5.74, 6) is 0.838. The van der Waals surface area contributed by atoms with Crippen LogP contribution in [0.25, 0.3) is 0 Å². The molecule has 0 spiro atoms. The van der Waals surface area contributed by atoms with E-state index in [1.165, 1.54) is 0 Å². The van der Waals surface area contributed by atoms with Crippen molar-refractivity contribution in [2.24, 2.45) is 0 Å². The van der Waals surface area contributed by atoms with Crippen molar-refractivity contribution in [2.45, 2.75) is 12.7 Å². The van der Waals surface area contributed by atoms with Crippen molar-refractivity contribution in [3.63, 3.8) is 0 Å². The van der Waals surface area contributed by atoms with Crippen molar-refractivity contribution in [2.75, 3.05) is 19.0 Å². The van der Waals surface area contributed by atoms with Gasteiger partial charge in [-0.15, -0.1) is 0 Å². The molecular formula is C5H10O2S. The van der Waals surface area contributed by atoms with Gasteiger partial charge in [-0.05, 0) is 5.75 Å². The number of hydrogen-bond donors (Lipinski definition) is 1. The zero-order valence-electron chi connectivity index (χ0n) is 4.67. The molecule has 1 aliphatic heterocycles. The Balaban J connectivity index is 2.06. The van der Waals surface area contributed by atoms with E-state index in [0.29, 0.717) is 0 Å². The first-order chi connectivity index (χ1) is 3.93. The van der Waals surface area contributed by atoms with E-state index >= 15 is 0 Å². The quantitative estimate of drug-likeness (QED) is 0.560. The first-order valence-corrected chi connectivity index (χ1v) is 3.41. The normalized spacial score (nSPS) is 22.1. The highest BCUT2D eigenvalue weighted by atomic mass is 32.1. The standard InChI is InChI=1S/C5H10O2S/c8-4-1-5-6-2-3-7-5/h5,8H,1-4H2. The predicted octanol–water partition coefficient (Wildman–Crippen LogP) is 0.679. The molecule has 0 saturated carbocycles. The van der Waals surface area contributed by atoms with Gasteiger partial charge in [-0.3, -0.25) is 0 Å². The summed E-state index contributed by atoms with van der Waals surface area (Å²) in [5, 5.41) is 0. The Kier molecular flexibility index (Phi) is 2.66. The molecule has 0 atom stereocenters. The summed E-state index contributed by atoms with van der Waals surface area (Å²) >= 11 is 4.04. The van der Waals surface area contributed by atoms with E-state index in [4.69, 9.17) is 9.47 Å². The maximum absolute atomic E-state index is 5.12. The van der Waals surface area contributed by atoms with Gasteiger partial charge in [0.25, 0.3) is 0 Å². The van der Waals surface area contributed by atoms with Crippen molar-refractivity contribution in [1.82, 2.24) is 0 Å². The lowest BCUT2D eigenvalue weighted by molar-refractivity contribution is -0.0421. The minimum absolute atomic E-state index is 0.0347. The van der Waals surface area contributed by atoms with E-state index in [-0.39, 0.29) is 6.29 Å². The fourth-order valence-electron chi connectivity index (χ4n) is 0.679. The van der Waals surface area contributed by atoms with Crippen LogP contribution in [-0.4, -0.2) is 25.3 Å². The number of thiol groups is 1. The molecule has 0 aromatic rings. The summed E-state index contributed by atoms with van der Waals surface area (Å²) in [6.45, 7) is 1.50. The lowest BCUT2D eigenvalue weighted by atomic mass is 10.5. The molecule has 8 heavy (non-hydrogen) atoms. The van der Waals surface area contributed by atoms with Gasteiger partial charge in [0.2, 0.25) is 0 Å². The number of rotatable bonds is 2. The molecule has 2 nitrogen and oxygen atoms in total. The molecule has 0 bridgehead atoms. The molecule has 0 radical (unpaired) electrons. The molecular weight excluding hydrogens is 124 g/mol. The molecule has 0 unspecified atom stereocenters. The van der Waals surface area contributed by atoms with Crippen LogP contribution in [0.4, 0.5) is 0 Å². The first kappa shape index (κ1) is 6.39. The summed E-state index contributed by atoms with van der Waals surface area (Å²) in [6.07, 6.45) is 0.941. The molecule has 0 amide bonds. The topological polar surface area (TPSA) is 18.5 Å². The smallest absolute Gasteiger partial charge is 0.158 e. The molecule has 3 heteroatoms. The maximum atomic E-state index is 5.12. The predicted molar refractivity (Wildman–Crippen MR) is 34.2 cm³/mol. The third-order valence-electron chi connectivity index (χ3n) is 1.06. The summed E-state index contributed by atoms with van der Waals surface area (Å²) in [7, 11) is 0. The van der Waals surface area contributed by atoms with Gasteiger partial charge in [-0.1, -0.05) is 0 Å². The monoisotopic (exact) mass is 134 g/mol. The molecule has 0 aromatic heterocycles. The maximum Gasteiger partial charge on any atom is 0.158 e. The Morgan fingerprint density at radius 3 is 2.50 bits per heavy atom. The molecule has 1 saturated heterocycles. The van der Waals surface area contributed by atoms with Crippen molar-refractivity contribution in [3.05, 3.63) is 0 Å². The Morgan fingerprint density at radius 1 is 1.38 bits per heavy atom. The van der Waals surface area contributed by atoms with Gasteiger partial charge >= 0.3 is 0 Å². The number of hydrogen-bond acceptors (Lipinski definition) is 3. The van der Waals surface area contributed by atoms with Crippen LogP contribution >= 0.6 is 12.6 Å². The summed E-state index contributed by atoms with van der Waals surface area (Å²) < 4.78 is 10.2. The van der Waals surface area contributed by atoms with Crippen LogP contribution in [0.15, 0.2) is 0 Å². The van der Waals surface area contributed by atoms with Crippen LogP contribution in [0.5, 0.6) is 0 Å². The summed E-state index contributed by atoms with van der Waals surface area (Å²) in [6, 6.07) is 0. The Morgan fingerprint density at radius 2 is 2.00 bits per heavy atom. The Hall–Kier alpha value is 0.270. The molecule has 48 valence electrons. The van der Waals surface area contributed by atoms with Crippen LogP contribution in [0.2, 0.25) is 0 Å². The zero-order chi connectivity index (χ0) is 5.82. The van der Waals surface area contributed by atoms with Gasteiger partial charge in [0.15, 0.2) is 6.29 Å². The van der Waals surface area contributed by atoms with E-state index in [2.05, 4.69) is 12.6 Å². The van der Waals surface area contributed by atoms with Gasteiger partial charge in [-0.25, -0.2) is 0 Å². The number of ether oxygens (including phenoxy) is 2. The van der Waals surface area contributed by atoms with E-state index < -0.39 is 0 Å². The lowest BCUT2D eigenvalue weighted by Gasteiger charge is -2.04. The highest BCUT2D eigenvalue weighted by molar-refractivity contribution is 7.80. The molecule has 1 heterocycles. The molecule has 1 aliphatic rings. The SMILES string of the molecule is SCCC1OCCO1. The third-order valence-corrected chi connectivity index (χ3v) is 1.31. The van der Waals surface area contributed by atoms with Gasteiger partial charge < -0.3 is 9.47 Å². The van der Waals surface area contributed by atoms with Gasteiger partial charge in [0.05, 0.1) is 13.2 Å². The largest absolute Gasteiger partial charge is 0.350 e. The Labute approximate surface area is 54.6 Å². The minimum atomic E-state index is 0.0347. The minimum Gasteiger partial charge on any atom is -0.350 e. The second-order valence-electron chi connectivity index (χ2n) is 1.68. The van der Waals surface area contributed by atoms with Crippen LogP contribution in [0.1, 0.15) is 6.42 Å². The van der Waals surface area contributed by atoms with Crippen LogP contribution in [0, 0.1) is 0 Å². The highest BCUT2D eigenvalue weighted by Gasteiger charge is 2.13. The fourth-order valence-corrected chi connectivity index (χ4v) is 0.890. The van der Waals surface area contributed by atoms with Crippen LogP contribution in [-0.2, 0) is 9.47 Å².